The number of hydrogen-bond acceptors (Lipinski definition) is 4. The summed E-state index contributed by atoms with van der Waals surface area (Å²) in [5.74, 6) is 0. The molecule has 0 heterocycles. The first-order valence-corrected chi connectivity index (χ1v) is 7.20. The van der Waals surface area contributed by atoms with Gasteiger partial charge in [0.1, 0.15) is 0 Å². The van der Waals surface area contributed by atoms with E-state index in [0.29, 0.717) is 25.2 Å². The van der Waals surface area contributed by atoms with Gasteiger partial charge in [0.25, 0.3) is 0 Å². The smallest absolute Gasteiger partial charge is 0.0900 e. The monoisotopic (exact) mass is 258 g/mol. The Morgan fingerprint density at radius 3 is 2.39 bits per heavy atom. The van der Waals surface area contributed by atoms with Crippen molar-refractivity contribution >= 4 is 0 Å². The first-order chi connectivity index (χ1) is 8.52. The molecule has 1 atom stereocenters. The van der Waals surface area contributed by atoms with Gasteiger partial charge in [-0.3, -0.25) is 0 Å². The second kappa shape index (κ2) is 8.10. The molecule has 0 spiro atoms. The number of aliphatic hydroxyl groups is 1. The van der Waals surface area contributed by atoms with Gasteiger partial charge in [-0.1, -0.05) is 0 Å². The van der Waals surface area contributed by atoms with Gasteiger partial charge in [-0.25, -0.2) is 0 Å². The Morgan fingerprint density at radius 2 is 1.89 bits per heavy atom. The van der Waals surface area contributed by atoms with E-state index in [1.165, 1.54) is 25.7 Å². The third-order valence-corrected chi connectivity index (χ3v) is 3.85. The predicted octanol–water partition coefficient (Wildman–Crippen LogP) is 1.23. The van der Waals surface area contributed by atoms with Crippen LogP contribution >= 0.6 is 0 Å². The summed E-state index contributed by atoms with van der Waals surface area (Å²) in [6, 6.07) is 1.30. The van der Waals surface area contributed by atoms with Crippen LogP contribution in [0.2, 0.25) is 0 Å². The van der Waals surface area contributed by atoms with Crippen LogP contribution in [0.3, 0.4) is 0 Å². The Balaban J connectivity index is 2.22. The van der Waals surface area contributed by atoms with Crippen molar-refractivity contribution in [3.8, 4) is 0 Å². The standard InChI is InChI=1S/C14H30N2O2/c1-11(2)18-10-14(17)9-16(4)13-7-5-12(15-3)6-8-13/h11-15,17H,5-10H2,1-4H3. The number of nitrogens with zero attached hydrogens (tertiary/aromatic N) is 1. The first-order valence-electron chi connectivity index (χ1n) is 7.20. The Bertz CT molecular complexity index is 216. The zero-order chi connectivity index (χ0) is 13.5. The Morgan fingerprint density at radius 1 is 1.28 bits per heavy atom. The molecule has 18 heavy (non-hydrogen) atoms. The molecular formula is C14H30N2O2. The van der Waals surface area contributed by atoms with E-state index >= 15 is 0 Å². The minimum atomic E-state index is -0.376. The number of rotatable bonds is 7. The SMILES string of the molecule is CNC1CCC(N(C)CC(O)COC(C)C)CC1. The minimum Gasteiger partial charge on any atom is -0.389 e. The number of nitrogens with one attached hydrogen (secondary N) is 1. The van der Waals surface area contributed by atoms with E-state index in [-0.39, 0.29) is 12.2 Å². The van der Waals surface area contributed by atoms with E-state index in [9.17, 15) is 5.11 Å². The number of likely N-dealkylation sites (N-methyl/N-ethyl adjacent to an activating group) is 1. The van der Waals surface area contributed by atoms with Crippen LogP contribution in [0, 0.1) is 0 Å². The molecule has 4 heteroatoms. The first kappa shape index (κ1) is 15.9. The summed E-state index contributed by atoms with van der Waals surface area (Å²) in [5, 5.41) is 13.3. The molecule has 0 aromatic rings. The highest BCUT2D eigenvalue weighted by atomic mass is 16.5. The largest absolute Gasteiger partial charge is 0.389 e. The molecule has 4 nitrogen and oxygen atoms in total. The second-order valence-corrected chi connectivity index (χ2v) is 5.77. The number of aliphatic hydroxyl groups excluding tert-OH is 1. The number of ether oxygens (including phenoxy) is 1. The lowest BCUT2D eigenvalue weighted by molar-refractivity contribution is -0.0125. The van der Waals surface area contributed by atoms with Gasteiger partial charge >= 0.3 is 0 Å². The van der Waals surface area contributed by atoms with E-state index in [1.54, 1.807) is 0 Å². The van der Waals surface area contributed by atoms with Crippen LogP contribution in [0.1, 0.15) is 39.5 Å². The summed E-state index contributed by atoms with van der Waals surface area (Å²) in [7, 11) is 4.16. The average molecular weight is 258 g/mol. The highest BCUT2D eigenvalue weighted by Gasteiger charge is 2.24. The molecule has 1 aliphatic rings. The fourth-order valence-corrected chi connectivity index (χ4v) is 2.64. The van der Waals surface area contributed by atoms with E-state index in [0.717, 1.165) is 0 Å². The summed E-state index contributed by atoms with van der Waals surface area (Å²) in [4.78, 5) is 2.29. The van der Waals surface area contributed by atoms with Gasteiger partial charge in [-0.05, 0) is 53.6 Å². The van der Waals surface area contributed by atoms with Gasteiger partial charge in [0.2, 0.25) is 0 Å². The van der Waals surface area contributed by atoms with Crippen LogP contribution in [0.15, 0.2) is 0 Å². The summed E-state index contributed by atoms with van der Waals surface area (Å²) >= 11 is 0. The Labute approximate surface area is 112 Å². The van der Waals surface area contributed by atoms with Gasteiger partial charge in [0.15, 0.2) is 0 Å². The summed E-state index contributed by atoms with van der Waals surface area (Å²) in [6.07, 6.45) is 4.74. The zero-order valence-electron chi connectivity index (χ0n) is 12.4. The Hall–Kier alpha value is -0.160. The van der Waals surface area contributed by atoms with Crippen LogP contribution < -0.4 is 5.32 Å². The lowest BCUT2D eigenvalue weighted by Crippen LogP contribution is -2.43. The van der Waals surface area contributed by atoms with Crippen LogP contribution in [-0.2, 0) is 4.74 Å². The van der Waals surface area contributed by atoms with Crippen LogP contribution in [0.25, 0.3) is 0 Å². The lowest BCUT2D eigenvalue weighted by atomic mass is 9.90. The predicted molar refractivity (Wildman–Crippen MR) is 74.8 cm³/mol. The van der Waals surface area contributed by atoms with E-state index < -0.39 is 0 Å². The second-order valence-electron chi connectivity index (χ2n) is 5.77. The third kappa shape index (κ3) is 5.65. The molecule has 0 amide bonds. The molecule has 1 rings (SSSR count). The van der Waals surface area contributed by atoms with Gasteiger partial charge in [0, 0.05) is 18.6 Å². The topological polar surface area (TPSA) is 44.7 Å². The molecule has 1 unspecified atom stereocenters. The molecule has 1 saturated carbocycles. The molecule has 0 aromatic carbocycles. The van der Waals surface area contributed by atoms with Crippen molar-refractivity contribution in [3.05, 3.63) is 0 Å². The lowest BCUT2D eigenvalue weighted by Gasteiger charge is -2.35. The summed E-state index contributed by atoms with van der Waals surface area (Å²) in [5.41, 5.74) is 0. The van der Waals surface area contributed by atoms with Crippen molar-refractivity contribution < 1.29 is 9.84 Å². The minimum absolute atomic E-state index is 0.191. The van der Waals surface area contributed by atoms with Crippen molar-refractivity contribution in [2.24, 2.45) is 0 Å². The van der Waals surface area contributed by atoms with Crippen LogP contribution in [-0.4, -0.2) is 61.5 Å². The van der Waals surface area contributed by atoms with E-state index in [1.807, 2.05) is 20.9 Å². The molecule has 0 bridgehead atoms. The normalized spacial score (nSPS) is 26.8. The van der Waals surface area contributed by atoms with Gasteiger partial charge < -0.3 is 20.1 Å². The van der Waals surface area contributed by atoms with Crippen molar-refractivity contribution in [3.63, 3.8) is 0 Å². The highest BCUT2D eigenvalue weighted by Crippen LogP contribution is 2.22. The van der Waals surface area contributed by atoms with Crippen molar-refractivity contribution in [2.45, 2.75) is 63.8 Å². The zero-order valence-corrected chi connectivity index (χ0v) is 12.4. The highest BCUT2D eigenvalue weighted by molar-refractivity contribution is 4.81. The van der Waals surface area contributed by atoms with Gasteiger partial charge in [-0.2, -0.15) is 0 Å². The Kier molecular flexibility index (Phi) is 7.15. The molecule has 2 N–H and O–H groups in total. The molecule has 1 aliphatic carbocycles. The maximum Gasteiger partial charge on any atom is 0.0900 e. The molecule has 0 radical (unpaired) electrons. The van der Waals surface area contributed by atoms with Crippen molar-refractivity contribution in [1.29, 1.82) is 0 Å². The van der Waals surface area contributed by atoms with Crippen molar-refractivity contribution in [2.75, 3.05) is 27.2 Å². The molecule has 0 saturated heterocycles. The van der Waals surface area contributed by atoms with E-state index in [2.05, 4.69) is 17.3 Å². The van der Waals surface area contributed by atoms with Crippen molar-refractivity contribution in [1.82, 2.24) is 10.2 Å². The molecule has 0 aliphatic heterocycles. The fourth-order valence-electron chi connectivity index (χ4n) is 2.64. The molecular weight excluding hydrogens is 228 g/mol. The molecule has 0 aromatic heterocycles. The van der Waals surface area contributed by atoms with Gasteiger partial charge in [-0.15, -0.1) is 0 Å². The fraction of sp³-hybridized carbons (Fsp3) is 1.00. The summed E-state index contributed by atoms with van der Waals surface area (Å²) in [6.45, 7) is 5.14. The number of hydrogen-bond donors (Lipinski definition) is 2. The quantitative estimate of drug-likeness (QED) is 0.721. The average Bonchev–Trinajstić information content (AvgIpc) is 2.36. The maximum absolute atomic E-state index is 9.92. The third-order valence-electron chi connectivity index (χ3n) is 3.85. The molecule has 108 valence electrons. The summed E-state index contributed by atoms with van der Waals surface area (Å²) < 4.78 is 5.44. The van der Waals surface area contributed by atoms with Crippen LogP contribution in [0.4, 0.5) is 0 Å². The molecule has 1 fully saturated rings. The van der Waals surface area contributed by atoms with Gasteiger partial charge in [0.05, 0.1) is 18.8 Å². The van der Waals surface area contributed by atoms with Crippen LogP contribution in [0.5, 0.6) is 0 Å². The van der Waals surface area contributed by atoms with E-state index in [4.69, 9.17) is 4.74 Å². The maximum atomic E-state index is 9.92.